The molecule has 8 aliphatic carbocycles. The summed E-state index contributed by atoms with van der Waals surface area (Å²) >= 11 is 0. The lowest BCUT2D eigenvalue weighted by atomic mass is 9.51. The second-order valence-electron chi connectivity index (χ2n) is 21.7. The van der Waals surface area contributed by atoms with Gasteiger partial charge in [-0.1, -0.05) is 0 Å². The molecule has 2 N–H and O–H groups in total. The van der Waals surface area contributed by atoms with Gasteiger partial charge in [-0.3, -0.25) is 9.59 Å². The summed E-state index contributed by atoms with van der Waals surface area (Å²) in [5.41, 5.74) is 3.13. The van der Waals surface area contributed by atoms with Crippen LogP contribution in [0.3, 0.4) is 0 Å². The van der Waals surface area contributed by atoms with E-state index in [0.29, 0.717) is 58.4 Å². The molecule has 6 atom stereocenters. The van der Waals surface area contributed by atoms with Crippen LogP contribution >= 0.6 is 0 Å². The second kappa shape index (κ2) is 14.2. The van der Waals surface area contributed by atoms with Crippen molar-refractivity contribution in [3.05, 3.63) is 59.7 Å². The van der Waals surface area contributed by atoms with Gasteiger partial charge in [0.1, 0.15) is 0 Å². The van der Waals surface area contributed by atoms with Crippen LogP contribution in [0.15, 0.2) is 48.5 Å². The molecule has 10 nitrogen and oxygen atoms in total. The van der Waals surface area contributed by atoms with Crippen LogP contribution in [0.25, 0.3) is 0 Å². The van der Waals surface area contributed by atoms with Crippen LogP contribution in [-0.4, -0.2) is 94.4 Å². The largest absolute Gasteiger partial charge is 0.393 e. The number of carbonyl (C=O) groups is 2. The summed E-state index contributed by atoms with van der Waals surface area (Å²) in [5, 5.41) is 39.5. The molecule has 8 saturated carbocycles. The summed E-state index contributed by atoms with van der Waals surface area (Å²) in [6, 6.07) is 20.0. The van der Waals surface area contributed by atoms with Crippen LogP contribution in [-0.2, 0) is 9.59 Å². The fraction of sp³-hybridized carbons (Fsp3) is 0.680. The Morgan fingerprint density at radius 2 is 0.883 bits per heavy atom. The number of amides is 2. The van der Waals surface area contributed by atoms with Gasteiger partial charge >= 0.3 is 0 Å². The first-order chi connectivity index (χ1) is 29.0. The molecule has 0 radical (unpaired) electrons. The van der Waals surface area contributed by atoms with Crippen LogP contribution in [0.5, 0.6) is 0 Å². The van der Waals surface area contributed by atoms with Crippen LogP contribution in [0.4, 0.5) is 11.4 Å². The first-order valence-electron chi connectivity index (χ1n) is 23.5. The van der Waals surface area contributed by atoms with Crippen molar-refractivity contribution in [1.29, 1.82) is 10.5 Å². The highest BCUT2D eigenvalue weighted by Gasteiger charge is 2.63. The normalized spacial score (nSPS) is 42.2. The molecule has 2 spiro atoms. The van der Waals surface area contributed by atoms with Gasteiger partial charge in [0, 0.05) is 61.7 Å². The topological polar surface area (TPSA) is 135 Å². The zero-order valence-electron chi connectivity index (χ0n) is 35.2. The molecule has 0 aromatic heterocycles. The number of hydrogen-bond donors (Lipinski definition) is 2. The predicted molar refractivity (Wildman–Crippen MR) is 227 cm³/mol. The number of piperidine rings is 2. The Hall–Kier alpha value is -4.12. The van der Waals surface area contributed by atoms with E-state index in [4.69, 9.17) is 10.5 Å². The average molecular weight is 811 g/mol. The average Bonchev–Trinajstić information content (AvgIpc) is 3.75. The van der Waals surface area contributed by atoms with Crippen LogP contribution in [0.1, 0.15) is 114 Å². The number of aliphatic hydroxyl groups is 2. The van der Waals surface area contributed by atoms with E-state index in [9.17, 15) is 19.8 Å². The number of nitriles is 2. The van der Waals surface area contributed by atoms with Crippen molar-refractivity contribution in [3.63, 3.8) is 0 Å². The molecule has 14 rings (SSSR count). The highest BCUT2D eigenvalue weighted by Crippen LogP contribution is 2.61. The van der Waals surface area contributed by atoms with Gasteiger partial charge in [-0.25, -0.2) is 0 Å². The van der Waals surface area contributed by atoms with Crippen molar-refractivity contribution in [1.82, 2.24) is 9.80 Å². The van der Waals surface area contributed by atoms with E-state index in [1.54, 1.807) is 0 Å². The van der Waals surface area contributed by atoms with E-state index < -0.39 is 0 Å². The van der Waals surface area contributed by atoms with Crippen molar-refractivity contribution in [2.45, 2.75) is 126 Å². The monoisotopic (exact) mass is 810 g/mol. The molecule has 10 heteroatoms. The van der Waals surface area contributed by atoms with Gasteiger partial charge in [0.25, 0.3) is 0 Å². The predicted octanol–water partition coefficient (Wildman–Crippen LogP) is 6.63. The van der Waals surface area contributed by atoms with Gasteiger partial charge in [0.2, 0.25) is 11.8 Å². The van der Waals surface area contributed by atoms with E-state index in [0.717, 1.165) is 128 Å². The SMILES string of the molecule is N#Cc1ccc(N2CCC[C@@]3(CCN(C45CC6CC(C4)C(O)C(C6)C5)C3=O)C2)cc1.N#Cc1ccc(N2CCC[C@@]3(CCN(C45CC6CC(C4)C(O)C(C6)C5)C3=O)C2)cc1. The number of carbonyl (C=O) groups excluding carboxylic acids is 2. The molecule has 316 valence electrons. The maximum Gasteiger partial charge on any atom is 0.231 e. The number of nitrogens with zero attached hydrogens (tertiary/aromatic N) is 6. The Kier molecular flexibility index (Phi) is 9.18. The number of aliphatic hydroxyl groups excluding tert-OH is 2. The minimum absolute atomic E-state index is 0.0209. The van der Waals surface area contributed by atoms with Crippen LogP contribution in [0, 0.1) is 69.0 Å². The fourth-order valence-corrected chi connectivity index (χ4v) is 16.1. The van der Waals surface area contributed by atoms with Gasteiger partial charge in [-0.15, -0.1) is 0 Å². The van der Waals surface area contributed by atoms with Crippen molar-refractivity contribution in [3.8, 4) is 12.1 Å². The van der Waals surface area contributed by atoms with E-state index in [1.807, 2.05) is 48.5 Å². The van der Waals surface area contributed by atoms with Gasteiger partial charge in [-0.05, 0) is 187 Å². The van der Waals surface area contributed by atoms with Gasteiger partial charge < -0.3 is 29.8 Å². The zero-order valence-corrected chi connectivity index (χ0v) is 35.2. The fourth-order valence-electron chi connectivity index (χ4n) is 16.1. The Morgan fingerprint density at radius 3 is 1.23 bits per heavy atom. The molecule has 4 aliphatic heterocycles. The number of benzene rings is 2. The van der Waals surface area contributed by atoms with Crippen molar-refractivity contribution in [2.75, 3.05) is 49.1 Å². The molecule has 4 saturated heterocycles. The standard InChI is InChI=1S/2C25H31N3O2/c2*26-15-17-2-4-21(5-3-17)27-8-1-6-24(16-27)7-9-28(23(24)30)25-12-18-10-19(13-25)22(29)20(11-18)14-25/h2*2-5,18-20,22,29H,1,6-14,16H2/t2*18?,19?,20?,22?,24-,25?/m11/s1. The summed E-state index contributed by atoms with van der Waals surface area (Å²) in [7, 11) is 0. The minimum Gasteiger partial charge on any atom is -0.393 e. The van der Waals surface area contributed by atoms with E-state index >= 15 is 0 Å². The Bertz CT molecular complexity index is 1930. The first-order valence-corrected chi connectivity index (χ1v) is 23.5. The molecule has 2 aromatic rings. The third-order valence-corrected chi connectivity index (χ3v) is 18.4. The van der Waals surface area contributed by atoms with E-state index in [2.05, 4.69) is 31.7 Å². The van der Waals surface area contributed by atoms with Gasteiger partial charge in [-0.2, -0.15) is 10.5 Å². The zero-order chi connectivity index (χ0) is 41.0. The second-order valence-corrected chi connectivity index (χ2v) is 21.7. The van der Waals surface area contributed by atoms with Gasteiger partial charge in [0.05, 0.1) is 46.3 Å². The first kappa shape index (κ1) is 38.8. The van der Waals surface area contributed by atoms with E-state index in [1.165, 1.54) is 25.7 Å². The number of anilines is 2. The molecule has 60 heavy (non-hydrogen) atoms. The Morgan fingerprint density at radius 1 is 0.517 bits per heavy atom. The molecule has 12 fully saturated rings. The summed E-state index contributed by atoms with van der Waals surface area (Å²) in [4.78, 5) is 37.2. The molecule has 2 aromatic carbocycles. The summed E-state index contributed by atoms with van der Waals surface area (Å²) in [6.45, 7) is 5.33. The smallest absolute Gasteiger partial charge is 0.231 e. The maximum absolute atomic E-state index is 14.0. The molecule has 4 unspecified atom stereocenters. The van der Waals surface area contributed by atoms with Crippen LogP contribution in [0.2, 0.25) is 0 Å². The lowest BCUT2D eigenvalue weighted by molar-refractivity contribution is -0.168. The van der Waals surface area contributed by atoms with Gasteiger partial charge in [0.15, 0.2) is 0 Å². The molecule has 4 heterocycles. The number of rotatable bonds is 4. The summed E-state index contributed by atoms with van der Waals surface area (Å²) in [6.07, 6.45) is 16.8. The highest BCUT2D eigenvalue weighted by molar-refractivity contribution is 5.87. The molecule has 2 amide bonds. The van der Waals surface area contributed by atoms with Crippen LogP contribution < -0.4 is 9.80 Å². The number of hydrogen-bond acceptors (Lipinski definition) is 8. The quantitative estimate of drug-likeness (QED) is 0.352. The molecular formula is C50H62N6O4. The van der Waals surface area contributed by atoms with Crippen molar-refractivity contribution < 1.29 is 19.8 Å². The van der Waals surface area contributed by atoms with Crippen molar-refractivity contribution >= 4 is 23.2 Å². The lowest BCUT2D eigenvalue weighted by Crippen LogP contribution is -2.65. The third-order valence-electron chi connectivity index (χ3n) is 18.4. The maximum atomic E-state index is 14.0. The lowest BCUT2D eigenvalue weighted by Gasteiger charge is -2.61. The van der Waals surface area contributed by atoms with E-state index in [-0.39, 0.29) is 34.1 Å². The molecule has 8 bridgehead atoms. The minimum atomic E-state index is -0.256. The Balaban J connectivity index is 0.000000136. The summed E-state index contributed by atoms with van der Waals surface area (Å²) in [5.74, 6) is 3.80. The summed E-state index contributed by atoms with van der Waals surface area (Å²) < 4.78 is 0. The molecule has 12 aliphatic rings. The highest BCUT2D eigenvalue weighted by atomic mass is 16.3. The van der Waals surface area contributed by atoms with Crippen molar-refractivity contribution in [2.24, 2.45) is 46.3 Å². The number of likely N-dealkylation sites (tertiary alicyclic amines) is 2. The Labute approximate surface area is 355 Å². The molecular weight excluding hydrogens is 749 g/mol. The third kappa shape index (κ3) is 6.04.